The highest BCUT2D eigenvalue weighted by molar-refractivity contribution is 7.26. The van der Waals surface area contributed by atoms with E-state index in [4.69, 9.17) is 4.42 Å². The number of thiophene rings is 1. The molecule has 0 aliphatic heterocycles. The molecule has 0 bridgehead atoms. The zero-order valence-electron chi connectivity index (χ0n) is 17.7. The molecule has 148 valence electrons. The van der Waals surface area contributed by atoms with Crippen molar-refractivity contribution in [1.29, 1.82) is 0 Å². The van der Waals surface area contributed by atoms with Gasteiger partial charge in [0, 0.05) is 30.9 Å². The van der Waals surface area contributed by atoms with Gasteiger partial charge >= 0.3 is 0 Å². The van der Waals surface area contributed by atoms with Gasteiger partial charge in [0.1, 0.15) is 11.2 Å². The first-order valence-corrected chi connectivity index (χ1v) is 11.1. The molecule has 4 aromatic carbocycles. The third kappa shape index (κ3) is 3.00. The van der Waals surface area contributed by atoms with E-state index in [1.54, 1.807) is 0 Å². The Balaban J connectivity index is 0.000000128. The van der Waals surface area contributed by atoms with Crippen LogP contribution in [0.5, 0.6) is 0 Å². The van der Waals surface area contributed by atoms with Crippen LogP contribution in [0.2, 0.25) is 0 Å². The molecule has 1 nitrogen and oxygen atoms in total. The highest BCUT2D eigenvalue weighted by Gasteiger charge is 2.09. The van der Waals surface area contributed by atoms with Gasteiger partial charge in [-0.1, -0.05) is 72.8 Å². The molecular weight excluding hydrogens is 384 g/mol. The van der Waals surface area contributed by atoms with E-state index in [9.17, 15) is 0 Å². The van der Waals surface area contributed by atoms with Crippen LogP contribution in [0.15, 0.2) is 77.2 Å². The Hall–Kier alpha value is -3.10. The van der Waals surface area contributed by atoms with Gasteiger partial charge in [-0.3, -0.25) is 0 Å². The van der Waals surface area contributed by atoms with E-state index in [1.807, 2.05) is 11.3 Å². The lowest BCUT2D eigenvalue weighted by molar-refractivity contribution is 0.662. The smallest absolute Gasteiger partial charge is 0.138 e. The summed E-state index contributed by atoms with van der Waals surface area (Å²) in [5.41, 5.74) is 7.19. The molecule has 0 radical (unpaired) electrons. The fourth-order valence-corrected chi connectivity index (χ4v) is 5.44. The van der Waals surface area contributed by atoms with Crippen molar-refractivity contribution in [3.8, 4) is 0 Å². The van der Waals surface area contributed by atoms with Crippen molar-refractivity contribution in [3.05, 3.63) is 95.1 Å². The zero-order chi connectivity index (χ0) is 20.8. The molecule has 0 unspecified atom stereocenters. The average Bonchev–Trinajstić information content (AvgIpc) is 3.31. The Morgan fingerprint density at radius 2 is 0.833 bits per heavy atom. The number of hydrogen-bond donors (Lipinski definition) is 0. The summed E-state index contributed by atoms with van der Waals surface area (Å²) in [5, 5.41) is 5.24. The molecule has 0 amide bonds. The normalized spacial score (nSPS) is 11.3. The van der Waals surface area contributed by atoms with Crippen molar-refractivity contribution >= 4 is 53.4 Å². The molecule has 0 aliphatic rings. The summed E-state index contributed by atoms with van der Waals surface area (Å²) in [7, 11) is 0. The third-order valence-corrected chi connectivity index (χ3v) is 7.33. The van der Waals surface area contributed by atoms with Crippen LogP contribution in [0.3, 0.4) is 0 Å². The van der Waals surface area contributed by atoms with Crippen LogP contribution in [0.1, 0.15) is 22.3 Å². The maximum absolute atomic E-state index is 5.91. The number of fused-ring (bicyclic) bond motifs is 6. The Kier molecular flexibility index (Phi) is 4.60. The summed E-state index contributed by atoms with van der Waals surface area (Å²) < 4.78 is 8.78. The van der Waals surface area contributed by atoms with Crippen LogP contribution < -0.4 is 0 Å². The van der Waals surface area contributed by atoms with Crippen molar-refractivity contribution in [2.45, 2.75) is 27.7 Å². The lowest BCUT2D eigenvalue weighted by atomic mass is 10.1. The lowest BCUT2D eigenvalue weighted by Crippen LogP contribution is -1.71. The molecule has 0 atom stereocenters. The van der Waals surface area contributed by atoms with Crippen LogP contribution in [0.25, 0.3) is 42.1 Å². The van der Waals surface area contributed by atoms with Crippen LogP contribution >= 0.6 is 11.3 Å². The van der Waals surface area contributed by atoms with Crippen LogP contribution in [0, 0.1) is 27.7 Å². The molecule has 2 aromatic heterocycles. The maximum atomic E-state index is 5.91. The first kappa shape index (κ1) is 18.9. The van der Waals surface area contributed by atoms with E-state index in [-0.39, 0.29) is 0 Å². The first-order chi connectivity index (χ1) is 14.5. The number of furan rings is 1. The second-order valence-corrected chi connectivity index (χ2v) is 9.03. The number of para-hydroxylation sites is 2. The molecule has 0 spiro atoms. The molecule has 0 fully saturated rings. The molecule has 2 heteroatoms. The van der Waals surface area contributed by atoms with Gasteiger partial charge in [0.15, 0.2) is 0 Å². The molecule has 30 heavy (non-hydrogen) atoms. The van der Waals surface area contributed by atoms with Crippen molar-refractivity contribution in [2.24, 2.45) is 0 Å². The topological polar surface area (TPSA) is 13.1 Å². The molecule has 2 heterocycles. The predicted octanol–water partition coefficient (Wildman–Crippen LogP) is 8.87. The van der Waals surface area contributed by atoms with E-state index >= 15 is 0 Å². The average molecular weight is 409 g/mol. The number of benzene rings is 4. The fourth-order valence-electron chi connectivity index (χ4n) is 4.20. The van der Waals surface area contributed by atoms with Crippen molar-refractivity contribution in [3.63, 3.8) is 0 Å². The van der Waals surface area contributed by atoms with Gasteiger partial charge in [-0.2, -0.15) is 0 Å². The van der Waals surface area contributed by atoms with Crippen LogP contribution in [0.4, 0.5) is 0 Å². The summed E-state index contributed by atoms with van der Waals surface area (Å²) in [4.78, 5) is 0. The molecule has 0 saturated carbocycles. The van der Waals surface area contributed by atoms with Gasteiger partial charge in [0.2, 0.25) is 0 Å². The molecule has 0 aliphatic carbocycles. The molecule has 6 aromatic rings. The van der Waals surface area contributed by atoms with Gasteiger partial charge in [-0.15, -0.1) is 11.3 Å². The number of rotatable bonds is 0. The molecule has 0 N–H and O–H groups in total. The highest BCUT2D eigenvalue weighted by Crippen LogP contribution is 2.37. The van der Waals surface area contributed by atoms with Gasteiger partial charge < -0.3 is 4.42 Å². The van der Waals surface area contributed by atoms with Gasteiger partial charge in [-0.05, 0) is 49.9 Å². The largest absolute Gasteiger partial charge is 0.456 e. The second kappa shape index (κ2) is 7.30. The summed E-state index contributed by atoms with van der Waals surface area (Å²) in [6, 6.07) is 25.7. The standard InChI is InChI=1S/C14H12O.C14H12S/c2*1-9-5-3-7-11-12-8-4-6-10(2)14(12)15-13(9)11/h2*3-8H,1-2H3. The van der Waals surface area contributed by atoms with Crippen molar-refractivity contribution < 1.29 is 4.42 Å². The Morgan fingerprint density at radius 3 is 1.27 bits per heavy atom. The Morgan fingerprint density at radius 1 is 0.467 bits per heavy atom. The highest BCUT2D eigenvalue weighted by atomic mass is 32.1. The minimum absolute atomic E-state index is 1.02. The zero-order valence-corrected chi connectivity index (χ0v) is 18.6. The summed E-state index contributed by atoms with van der Waals surface area (Å²) in [6.45, 7) is 8.54. The minimum Gasteiger partial charge on any atom is -0.456 e. The van der Waals surface area contributed by atoms with Crippen LogP contribution in [-0.2, 0) is 0 Å². The van der Waals surface area contributed by atoms with Crippen LogP contribution in [-0.4, -0.2) is 0 Å². The minimum atomic E-state index is 1.02. The summed E-state index contributed by atoms with van der Waals surface area (Å²) in [6.07, 6.45) is 0. The van der Waals surface area contributed by atoms with E-state index in [0.717, 1.165) is 11.2 Å². The maximum Gasteiger partial charge on any atom is 0.138 e. The molecular formula is C28H24OS. The first-order valence-electron chi connectivity index (χ1n) is 10.3. The SMILES string of the molecule is Cc1cccc2c1oc1c(C)cccc12.Cc1cccc2c1sc1c(C)cccc12. The fraction of sp³-hybridized carbons (Fsp3) is 0.143. The summed E-state index contributed by atoms with van der Waals surface area (Å²) in [5.74, 6) is 0. The monoisotopic (exact) mass is 408 g/mol. The quantitative estimate of drug-likeness (QED) is 0.244. The third-order valence-electron chi connectivity index (χ3n) is 5.84. The predicted molar refractivity (Wildman–Crippen MR) is 132 cm³/mol. The van der Waals surface area contributed by atoms with E-state index < -0.39 is 0 Å². The van der Waals surface area contributed by atoms with E-state index in [1.165, 1.54) is 53.2 Å². The lowest BCUT2D eigenvalue weighted by Gasteiger charge is -1.94. The van der Waals surface area contributed by atoms with Crippen molar-refractivity contribution in [2.75, 3.05) is 0 Å². The second-order valence-electron chi connectivity index (χ2n) is 8.01. The summed E-state index contributed by atoms with van der Waals surface area (Å²) >= 11 is 1.91. The number of aryl methyl sites for hydroxylation is 4. The molecule has 0 saturated heterocycles. The van der Waals surface area contributed by atoms with Gasteiger partial charge in [0.05, 0.1) is 0 Å². The molecule has 6 rings (SSSR count). The Bertz CT molecular complexity index is 1300. The van der Waals surface area contributed by atoms with Gasteiger partial charge in [-0.25, -0.2) is 0 Å². The van der Waals surface area contributed by atoms with E-state index in [0.29, 0.717) is 0 Å². The Labute approximate surface area is 180 Å². The van der Waals surface area contributed by atoms with E-state index in [2.05, 4.69) is 100 Å². The van der Waals surface area contributed by atoms with Gasteiger partial charge in [0.25, 0.3) is 0 Å². The van der Waals surface area contributed by atoms with Crippen molar-refractivity contribution in [1.82, 2.24) is 0 Å². The number of hydrogen-bond acceptors (Lipinski definition) is 2.